The first-order valence-corrected chi connectivity index (χ1v) is 3.68. The Balaban J connectivity index is 3.78. The van der Waals surface area contributed by atoms with E-state index >= 15 is 0 Å². The number of methoxy groups -OCH3 is 1. The molecule has 0 rings (SSSR count). The van der Waals surface area contributed by atoms with Crippen LogP contribution in [0.4, 0.5) is 13.2 Å². The Labute approximate surface area is 69.9 Å². The van der Waals surface area contributed by atoms with E-state index in [2.05, 4.69) is 0 Å². The van der Waals surface area contributed by atoms with Crippen molar-refractivity contribution in [1.29, 1.82) is 0 Å². The Morgan fingerprint density at radius 1 is 1.42 bits per heavy atom. The van der Waals surface area contributed by atoms with Gasteiger partial charge in [-0.3, -0.25) is 0 Å². The van der Waals surface area contributed by atoms with Crippen molar-refractivity contribution in [3.8, 4) is 0 Å². The van der Waals surface area contributed by atoms with Gasteiger partial charge in [0.25, 0.3) is 0 Å². The number of hydrogen-bond acceptors (Lipinski definition) is 2. The van der Waals surface area contributed by atoms with E-state index in [9.17, 15) is 13.2 Å². The fourth-order valence-corrected chi connectivity index (χ4v) is 0.855. The van der Waals surface area contributed by atoms with Crippen molar-refractivity contribution in [1.82, 2.24) is 0 Å². The fraction of sp³-hybridized carbons (Fsp3) is 1.00. The van der Waals surface area contributed by atoms with E-state index in [1.807, 2.05) is 0 Å². The molecule has 0 aromatic carbocycles. The van der Waals surface area contributed by atoms with Gasteiger partial charge in [0.2, 0.25) is 0 Å². The third-order valence-corrected chi connectivity index (χ3v) is 1.63. The van der Waals surface area contributed by atoms with Gasteiger partial charge in [-0.2, -0.15) is 13.2 Å². The van der Waals surface area contributed by atoms with Crippen LogP contribution in [-0.2, 0) is 4.74 Å². The molecule has 2 N–H and O–H groups in total. The molecule has 0 heterocycles. The minimum atomic E-state index is -4.18. The van der Waals surface area contributed by atoms with E-state index in [0.29, 0.717) is 0 Å². The van der Waals surface area contributed by atoms with Crippen molar-refractivity contribution >= 4 is 0 Å². The molecule has 0 aliphatic carbocycles. The number of halogens is 3. The Hall–Kier alpha value is -0.290. The maximum absolute atomic E-state index is 11.8. The molecule has 0 saturated carbocycles. The van der Waals surface area contributed by atoms with Crippen LogP contribution in [0.2, 0.25) is 0 Å². The Morgan fingerprint density at radius 3 is 2.25 bits per heavy atom. The second kappa shape index (κ2) is 4.67. The van der Waals surface area contributed by atoms with Crippen LogP contribution in [0.15, 0.2) is 0 Å². The normalized spacial score (nSPS) is 17.5. The summed E-state index contributed by atoms with van der Waals surface area (Å²) in [7, 11) is 1.44. The van der Waals surface area contributed by atoms with Gasteiger partial charge in [0.1, 0.15) is 0 Å². The van der Waals surface area contributed by atoms with Gasteiger partial charge in [-0.1, -0.05) is 6.92 Å². The molecule has 0 bridgehead atoms. The molecule has 12 heavy (non-hydrogen) atoms. The summed E-state index contributed by atoms with van der Waals surface area (Å²) in [6, 6.07) is -0.870. The molecule has 0 fully saturated rings. The van der Waals surface area contributed by atoms with Crippen LogP contribution in [0.3, 0.4) is 0 Å². The second-order valence-electron chi connectivity index (χ2n) is 2.92. The first-order chi connectivity index (χ1) is 5.37. The van der Waals surface area contributed by atoms with Gasteiger partial charge in [0.05, 0.1) is 13.0 Å². The summed E-state index contributed by atoms with van der Waals surface area (Å²) in [5, 5.41) is 0. The average molecular weight is 185 g/mol. The molecule has 74 valence electrons. The summed E-state index contributed by atoms with van der Waals surface area (Å²) < 4.78 is 40.0. The lowest BCUT2D eigenvalue weighted by Crippen LogP contribution is -2.35. The zero-order valence-corrected chi connectivity index (χ0v) is 7.19. The molecule has 0 radical (unpaired) electrons. The minimum absolute atomic E-state index is 0.261. The van der Waals surface area contributed by atoms with Crippen LogP contribution in [-0.4, -0.2) is 25.9 Å². The lowest BCUT2D eigenvalue weighted by molar-refractivity contribution is -0.141. The molecule has 1 unspecified atom stereocenters. The number of ether oxygens (including phenoxy) is 1. The van der Waals surface area contributed by atoms with Crippen LogP contribution < -0.4 is 5.73 Å². The topological polar surface area (TPSA) is 35.2 Å². The van der Waals surface area contributed by atoms with Crippen molar-refractivity contribution in [3.05, 3.63) is 0 Å². The molecule has 0 aromatic heterocycles. The van der Waals surface area contributed by atoms with Crippen LogP contribution in [0, 0.1) is 5.92 Å². The first-order valence-electron chi connectivity index (χ1n) is 3.68. The molecule has 5 heteroatoms. The van der Waals surface area contributed by atoms with Crippen molar-refractivity contribution < 1.29 is 17.9 Å². The predicted molar refractivity (Wildman–Crippen MR) is 39.7 cm³/mol. The predicted octanol–water partition coefficient (Wildman–Crippen LogP) is 1.55. The highest BCUT2D eigenvalue weighted by molar-refractivity contribution is 4.72. The van der Waals surface area contributed by atoms with Gasteiger partial charge in [-0.15, -0.1) is 0 Å². The lowest BCUT2D eigenvalue weighted by atomic mass is 10.0. The molecule has 2 atom stereocenters. The second-order valence-corrected chi connectivity index (χ2v) is 2.92. The van der Waals surface area contributed by atoms with Gasteiger partial charge >= 0.3 is 6.18 Å². The summed E-state index contributed by atoms with van der Waals surface area (Å²) >= 11 is 0. The Kier molecular flexibility index (Phi) is 4.55. The largest absolute Gasteiger partial charge is 0.390 e. The van der Waals surface area contributed by atoms with Crippen LogP contribution >= 0.6 is 0 Å². The van der Waals surface area contributed by atoms with E-state index in [0.717, 1.165) is 0 Å². The first kappa shape index (κ1) is 11.7. The monoisotopic (exact) mass is 185 g/mol. The van der Waals surface area contributed by atoms with Gasteiger partial charge in [0.15, 0.2) is 0 Å². The standard InChI is InChI=1S/C7H14F3NO/c1-5(4-12-2)6(11)3-7(8,9)10/h5-6H,3-4,11H2,1-2H3/t5?,6-/m0/s1. The van der Waals surface area contributed by atoms with Crippen LogP contribution in [0.25, 0.3) is 0 Å². The maximum atomic E-state index is 11.8. The van der Waals surface area contributed by atoms with E-state index in [1.54, 1.807) is 6.92 Å². The van der Waals surface area contributed by atoms with Gasteiger partial charge in [-0.05, 0) is 5.92 Å². The summed E-state index contributed by atoms with van der Waals surface area (Å²) in [5.74, 6) is -0.267. The Bertz CT molecular complexity index is 126. The summed E-state index contributed by atoms with van der Waals surface area (Å²) in [6.45, 7) is 1.90. The number of nitrogens with two attached hydrogens (primary N) is 1. The average Bonchev–Trinajstić information content (AvgIpc) is 1.84. The number of rotatable bonds is 4. The molecule has 0 spiro atoms. The Morgan fingerprint density at radius 2 is 1.92 bits per heavy atom. The number of hydrogen-bond donors (Lipinski definition) is 1. The summed E-state index contributed by atoms with van der Waals surface area (Å²) in [5.41, 5.74) is 5.29. The quantitative estimate of drug-likeness (QED) is 0.721. The summed E-state index contributed by atoms with van der Waals surface area (Å²) in [6.07, 6.45) is -5.13. The third kappa shape index (κ3) is 5.37. The maximum Gasteiger partial charge on any atom is 0.390 e. The van der Waals surface area contributed by atoms with Gasteiger partial charge < -0.3 is 10.5 Å². The van der Waals surface area contributed by atoms with Crippen molar-refractivity contribution in [2.24, 2.45) is 11.7 Å². The van der Waals surface area contributed by atoms with E-state index in [1.165, 1.54) is 7.11 Å². The smallest absolute Gasteiger partial charge is 0.384 e. The van der Waals surface area contributed by atoms with Crippen LogP contribution in [0.5, 0.6) is 0 Å². The zero-order chi connectivity index (χ0) is 9.78. The third-order valence-electron chi connectivity index (χ3n) is 1.63. The van der Waals surface area contributed by atoms with E-state index in [4.69, 9.17) is 10.5 Å². The summed E-state index contributed by atoms with van der Waals surface area (Å²) in [4.78, 5) is 0. The zero-order valence-electron chi connectivity index (χ0n) is 7.19. The van der Waals surface area contributed by atoms with Crippen molar-refractivity contribution in [2.45, 2.75) is 25.6 Å². The van der Waals surface area contributed by atoms with Crippen LogP contribution in [0.1, 0.15) is 13.3 Å². The molecular weight excluding hydrogens is 171 g/mol. The molecule has 0 saturated heterocycles. The van der Waals surface area contributed by atoms with E-state index < -0.39 is 18.6 Å². The van der Waals surface area contributed by atoms with E-state index in [-0.39, 0.29) is 12.5 Å². The molecule has 2 nitrogen and oxygen atoms in total. The van der Waals surface area contributed by atoms with Gasteiger partial charge in [-0.25, -0.2) is 0 Å². The molecule has 0 aliphatic heterocycles. The molecule has 0 aromatic rings. The van der Waals surface area contributed by atoms with Crippen molar-refractivity contribution in [3.63, 3.8) is 0 Å². The molecule has 0 aliphatic rings. The molecular formula is C7H14F3NO. The number of alkyl halides is 3. The highest BCUT2D eigenvalue weighted by Crippen LogP contribution is 2.23. The van der Waals surface area contributed by atoms with Gasteiger partial charge in [0, 0.05) is 13.2 Å². The molecule has 0 amide bonds. The highest BCUT2D eigenvalue weighted by atomic mass is 19.4. The fourth-order valence-electron chi connectivity index (χ4n) is 0.855. The SMILES string of the molecule is COCC(C)[C@@H](N)CC(F)(F)F. The highest BCUT2D eigenvalue weighted by Gasteiger charge is 2.32. The van der Waals surface area contributed by atoms with Crippen molar-refractivity contribution in [2.75, 3.05) is 13.7 Å². The minimum Gasteiger partial charge on any atom is -0.384 e. The lowest BCUT2D eigenvalue weighted by Gasteiger charge is -2.20.